The van der Waals surface area contributed by atoms with Crippen LogP contribution in [0.5, 0.6) is 0 Å². The Balaban J connectivity index is 2.68. The smallest absolute Gasteiger partial charge is 0.308 e. The first kappa shape index (κ1) is 6.09. The molecule has 9 heavy (non-hydrogen) atoms. The van der Waals surface area contributed by atoms with E-state index in [9.17, 15) is 8.42 Å². The normalized spacial score (nSPS) is 9.89. The van der Waals surface area contributed by atoms with E-state index in [-0.39, 0.29) is 6.01 Å². The van der Waals surface area contributed by atoms with Crippen LogP contribution < -0.4 is 4.72 Å². The van der Waals surface area contributed by atoms with Gasteiger partial charge >= 0.3 is 6.01 Å². The summed E-state index contributed by atoms with van der Waals surface area (Å²) in [4.78, 5) is 3.49. The van der Waals surface area contributed by atoms with E-state index in [2.05, 4.69) is 9.40 Å². The Bertz CT molecular complexity index is 232. The second-order valence-electron chi connectivity index (χ2n) is 1.21. The predicted octanol–water partition coefficient (Wildman–Crippen LogP) is -0.387. The first-order valence-corrected chi connectivity index (χ1v) is 3.27. The van der Waals surface area contributed by atoms with Crippen molar-refractivity contribution in [3.8, 4) is 0 Å². The summed E-state index contributed by atoms with van der Waals surface area (Å²) in [6.45, 7) is 0. The zero-order valence-electron chi connectivity index (χ0n) is 4.27. The van der Waals surface area contributed by atoms with Gasteiger partial charge in [0.2, 0.25) is 10.9 Å². The lowest BCUT2D eigenvalue weighted by atomic mass is 11.0. The van der Waals surface area contributed by atoms with Crippen LogP contribution in [0.3, 0.4) is 0 Å². The van der Waals surface area contributed by atoms with E-state index in [1.54, 1.807) is 0 Å². The van der Waals surface area contributed by atoms with Crippen molar-refractivity contribution < 1.29 is 12.8 Å². The zero-order valence-corrected chi connectivity index (χ0v) is 5.17. The molecule has 5 nitrogen and oxygen atoms in total. The van der Waals surface area contributed by atoms with E-state index in [0.717, 1.165) is 0 Å². The molecule has 6 heteroatoms. The summed E-state index contributed by atoms with van der Waals surface area (Å²) in [6, 6.07) is -0.00823. The van der Waals surface area contributed by atoms with Gasteiger partial charge in [0.25, 0.3) is 0 Å². The summed E-state index contributed by atoms with van der Waals surface area (Å²) in [5.74, 6) is 0. The fraction of sp³-hybridized carbons (Fsp3) is 0. The molecule has 50 valence electrons. The first-order valence-electron chi connectivity index (χ1n) is 2.09. The van der Waals surface area contributed by atoms with Crippen LogP contribution >= 0.6 is 0 Å². The molecule has 0 radical (unpaired) electrons. The largest absolute Gasteiger partial charge is 0.432 e. The number of thiol groups is 1. The second kappa shape index (κ2) is 2.49. The van der Waals surface area contributed by atoms with Crippen molar-refractivity contribution in [2.24, 2.45) is 0 Å². The molecule has 0 aliphatic heterocycles. The molecule has 0 saturated heterocycles. The molecule has 1 aromatic rings. The van der Waals surface area contributed by atoms with Gasteiger partial charge in [-0.05, 0) is 0 Å². The highest BCUT2D eigenvalue weighted by molar-refractivity contribution is 7.73. The van der Waals surface area contributed by atoms with E-state index in [4.69, 9.17) is 0 Å². The zero-order chi connectivity index (χ0) is 6.69. The van der Waals surface area contributed by atoms with Crippen LogP contribution in [0.4, 0.5) is 6.01 Å². The number of nitrogens with one attached hydrogen (secondary N) is 1. The van der Waals surface area contributed by atoms with Crippen molar-refractivity contribution in [1.82, 2.24) is 4.98 Å². The molecule has 1 heterocycles. The quantitative estimate of drug-likeness (QED) is 0.560. The number of anilines is 1. The number of hydrogen-bond acceptors (Lipinski definition) is 4. The number of rotatable bonds is 2. The van der Waals surface area contributed by atoms with Crippen LogP contribution in [-0.4, -0.2) is 13.4 Å². The molecule has 0 amide bonds. The predicted molar refractivity (Wildman–Crippen MR) is 30.4 cm³/mol. The minimum Gasteiger partial charge on any atom is -0.432 e. The van der Waals surface area contributed by atoms with Crippen LogP contribution in [0.15, 0.2) is 16.9 Å². The molecular weight excluding hydrogens is 144 g/mol. The summed E-state index contributed by atoms with van der Waals surface area (Å²) in [5.41, 5.74) is 0. The van der Waals surface area contributed by atoms with Crippen molar-refractivity contribution in [3.63, 3.8) is 0 Å². The van der Waals surface area contributed by atoms with Gasteiger partial charge in [0.05, 0.1) is 6.20 Å². The number of nitrogens with zero attached hydrogens (tertiary/aromatic N) is 1. The Morgan fingerprint density at radius 2 is 2.44 bits per heavy atom. The van der Waals surface area contributed by atoms with Crippen molar-refractivity contribution in [3.05, 3.63) is 12.5 Å². The topological polar surface area (TPSA) is 72.2 Å². The molecule has 1 rings (SSSR count). The average molecular weight is 148 g/mol. The maximum Gasteiger partial charge on any atom is 0.308 e. The standard InChI is InChI=1S/C3H4N2O3S/c6-9(7)5-3-4-1-2-8-3/h1-2,9H,(H,4,5,6,7). The third kappa shape index (κ3) is 1.73. The van der Waals surface area contributed by atoms with Gasteiger partial charge in [-0.15, -0.1) is 0 Å². The molecule has 0 saturated carbocycles. The third-order valence-corrected chi connectivity index (χ3v) is 0.993. The van der Waals surface area contributed by atoms with E-state index in [0.29, 0.717) is 0 Å². The van der Waals surface area contributed by atoms with Crippen LogP contribution in [0.25, 0.3) is 0 Å². The summed E-state index contributed by atoms with van der Waals surface area (Å²) >= 11 is 0. The maximum atomic E-state index is 9.89. The van der Waals surface area contributed by atoms with E-state index >= 15 is 0 Å². The lowest BCUT2D eigenvalue weighted by molar-refractivity contribution is 0.575. The van der Waals surface area contributed by atoms with Crippen molar-refractivity contribution in [2.75, 3.05) is 4.72 Å². The molecule has 0 aliphatic carbocycles. The third-order valence-electron chi connectivity index (χ3n) is 0.619. The Hall–Kier alpha value is -1.04. The molecule has 0 atom stereocenters. The number of oxazole rings is 1. The highest BCUT2D eigenvalue weighted by atomic mass is 32.2. The average Bonchev–Trinajstić information content (AvgIpc) is 2.15. The van der Waals surface area contributed by atoms with Gasteiger partial charge in [0.1, 0.15) is 6.26 Å². The van der Waals surface area contributed by atoms with E-state index < -0.39 is 10.9 Å². The maximum absolute atomic E-state index is 9.89. The molecule has 0 aromatic carbocycles. The lowest BCUT2D eigenvalue weighted by Gasteiger charge is -1.84. The summed E-state index contributed by atoms with van der Waals surface area (Å²) in [6.07, 6.45) is 2.63. The molecule has 1 aromatic heterocycles. The van der Waals surface area contributed by atoms with Gasteiger partial charge in [-0.2, -0.15) is 0 Å². The van der Waals surface area contributed by atoms with Crippen LogP contribution in [-0.2, 0) is 10.9 Å². The van der Waals surface area contributed by atoms with Gasteiger partial charge in [0.15, 0.2) is 0 Å². The Kier molecular flexibility index (Phi) is 1.69. The monoisotopic (exact) mass is 148 g/mol. The first-order chi connectivity index (χ1) is 4.29. The fourth-order valence-electron chi connectivity index (χ4n) is 0.357. The highest BCUT2D eigenvalue weighted by Crippen LogP contribution is 1.98. The minimum atomic E-state index is -2.66. The highest BCUT2D eigenvalue weighted by Gasteiger charge is 1.92. The van der Waals surface area contributed by atoms with Crippen LogP contribution in [0.2, 0.25) is 0 Å². The molecule has 0 aliphatic rings. The Morgan fingerprint density at radius 1 is 1.67 bits per heavy atom. The Labute approximate surface area is 52.8 Å². The molecule has 0 bridgehead atoms. The van der Waals surface area contributed by atoms with Gasteiger partial charge in [0, 0.05) is 0 Å². The van der Waals surface area contributed by atoms with E-state index in [1.807, 2.05) is 4.72 Å². The summed E-state index contributed by atoms with van der Waals surface area (Å²) < 4.78 is 26.3. The lowest BCUT2D eigenvalue weighted by Crippen LogP contribution is -1.93. The molecule has 0 unspecified atom stereocenters. The number of hydrogen-bond donors (Lipinski definition) is 2. The van der Waals surface area contributed by atoms with Crippen LogP contribution in [0.1, 0.15) is 0 Å². The minimum absolute atomic E-state index is 0.00823. The van der Waals surface area contributed by atoms with Crippen molar-refractivity contribution >= 4 is 16.9 Å². The van der Waals surface area contributed by atoms with Crippen molar-refractivity contribution in [2.45, 2.75) is 0 Å². The van der Waals surface area contributed by atoms with Gasteiger partial charge < -0.3 is 4.42 Å². The summed E-state index contributed by atoms with van der Waals surface area (Å²) in [7, 11) is -2.66. The van der Waals surface area contributed by atoms with Crippen molar-refractivity contribution in [1.29, 1.82) is 0 Å². The molecule has 0 spiro atoms. The molecular formula is C3H4N2O3S. The van der Waals surface area contributed by atoms with Crippen LogP contribution in [0, 0.1) is 0 Å². The fourth-order valence-corrected chi connectivity index (χ4v) is 0.623. The molecule has 1 N–H and O–H groups in total. The van der Waals surface area contributed by atoms with Gasteiger partial charge in [-0.25, -0.2) is 18.1 Å². The Morgan fingerprint density at radius 3 is 2.89 bits per heavy atom. The van der Waals surface area contributed by atoms with E-state index in [1.165, 1.54) is 12.5 Å². The summed E-state index contributed by atoms with van der Waals surface area (Å²) in [5, 5.41) is 0. The van der Waals surface area contributed by atoms with Gasteiger partial charge in [-0.3, -0.25) is 0 Å². The second-order valence-corrected chi connectivity index (χ2v) is 1.94. The number of aromatic nitrogens is 1. The van der Waals surface area contributed by atoms with Gasteiger partial charge in [-0.1, -0.05) is 0 Å². The SMILES string of the molecule is O=[SH](=O)Nc1ncco1. The molecule has 0 fully saturated rings.